The molecular formula is C14H20ClNO. The van der Waals surface area contributed by atoms with Crippen LogP contribution in [0, 0.1) is 12.3 Å². The Balaban J connectivity index is 1.82. The molecule has 0 aromatic heterocycles. The zero-order valence-electron chi connectivity index (χ0n) is 10.3. The summed E-state index contributed by atoms with van der Waals surface area (Å²) in [4.78, 5) is 0. The van der Waals surface area contributed by atoms with Crippen LogP contribution >= 0.6 is 11.6 Å². The molecule has 0 atom stereocenters. The van der Waals surface area contributed by atoms with Crippen LogP contribution in [0.1, 0.15) is 30.4 Å². The van der Waals surface area contributed by atoms with Crippen molar-refractivity contribution in [2.75, 3.05) is 13.2 Å². The molecule has 17 heavy (non-hydrogen) atoms. The average molecular weight is 254 g/mol. The van der Waals surface area contributed by atoms with Crippen LogP contribution < -0.4 is 5.32 Å². The van der Waals surface area contributed by atoms with Crippen LogP contribution in [0.15, 0.2) is 18.2 Å². The fraction of sp³-hybridized carbons (Fsp3) is 0.571. The molecule has 94 valence electrons. The SMILES string of the molecule is Cc1cc(Cl)ccc1CNCC1(CCO)CC1. The van der Waals surface area contributed by atoms with Gasteiger partial charge >= 0.3 is 0 Å². The summed E-state index contributed by atoms with van der Waals surface area (Å²) in [7, 11) is 0. The molecule has 1 aliphatic rings. The Morgan fingerprint density at radius 2 is 2.18 bits per heavy atom. The maximum Gasteiger partial charge on any atom is 0.0436 e. The summed E-state index contributed by atoms with van der Waals surface area (Å²) < 4.78 is 0. The third-order valence-electron chi connectivity index (χ3n) is 3.72. The molecule has 2 nitrogen and oxygen atoms in total. The molecule has 0 saturated heterocycles. The van der Waals surface area contributed by atoms with E-state index in [4.69, 9.17) is 16.7 Å². The second-order valence-corrected chi connectivity index (χ2v) is 5.58. The molecule has 2 rings (SSSR count). The molecule has 0 aliphatic heterocycles. The van der Waals surface area contributed by atoms with Gasteiger partial charge in [0.2, 0.25) is 0 Å². The Morgan fingerprint density at radius 1 is 1.41 bits per heavy atom. The summed E-state index contributed by atoms with van der Waals surface area (Å²) in [5.74, 6) is 0. The molecule has 0 bridgehead atoms. The molecule has 1 aromatic rings. The minimum absolute atomic E-state index is 0.307. The van der Waals surface area contributed by atoms with E-state index in [0.29, 0.717) is 12.0 Å². The maximum absolute atomic E-state index is 8.99. The smallest absolute Gasteiger partial charge is 0.0436 e. The summed E-state index contributed by atoms with van der Waals surface area (Å²) >= 11 is 5.93. The number of hydrogen-bond acceptors (Lipinski definition) is 2. The lowest BCUT2D eigenvalue weighted by Crippen LogP contribution is -2.24. The fourth-order valence-corrected chi connectivity index (χ4v) is 2.48. The van der Waals surface area contributed by atoms with Crippen LogP contribution in [0.4, 0.5) is 0 Å². The van der Waals surface area contributed by atoms with Crippen LogP contribution in [0.2, 0.25) is 5.02 Å². The van der Waals surface area contributed by atoms with Gasteiger partial charge in [-0.3, -0.25) is 0 Å². The highest BCUT2D eigenvalue weighted by atomic mass is 35.5. The van der Waals surface area contributed by atoms with E-state index in [0.717, 1.165) is 24.5 Å². The zero-order chi connectivity index (χ0) is 12.3. The number of rotatable bonds is 6. The second-order valence-electron chi connectivity index (χ2n) is 5.15. The number of nitrogens with one attached hydrogen (secondary N) is 1. The number of aryl methyl sites for hydroxylation is 1. The van der Waals surface area contributed by atoms with E-state index in [1.54, 1.807) is 0 Å². The molecule has 0 amide bonds. The van der Waals surface area contributed by atoms with Gasteiger partial charge in [0.25, 0.3) is 0 Å². The van der Waals surface area contributed by atoms with E-state index < -0.39 is 0 Å². The number of aliphatic hydroxyl groups excluding tert-OH is 1. The molecule has 0 spiro atoms. The standard InChI is InChI=1S/C14H20ClNO/c1-11-8-13(15)3-2-12(11)9-16-10-14(4-5-14)6-7-17/h2-3,8,16-17H,4-7,9-10H2,1H3. The summed E-state index contributed by atoms with van der Waals surface area (Å²) in [6.45, 7) is 4.29. The highest BCUT2D eigenvalue weighted by Gasteiger charge is 2.41. The first kappa shape index (κ1) is 12.9. The predicted octanol–water partition coefficient (Wildman–Crippen LogP) is 2.90. The largest absolute Gasteiger partial charge is 0.396 e. The van der Waals surface area contributed by atoms with E-state index in [2.05, 4.69) is 18.3 Å². The van der Waals surface area contributed by atoms with Gasteiger partial charge in [-0.2, -0.15) is 0 Å². The quantitative estimate of drug-likeness (QED) is 0.817. The van der Waals surface area contributed by atoms with Crippen molar-refractivity contribution in [3.63, 3.8) is 0 Å². The first-order chi connectivity index (χ1) is 8.15. The number of aliphatic hydroxyl groups is 1. The summed E-state index contributed by atoms with van der Waals surface area (Å²) in [5, 5.41) is 13.3. The number of halogens is 1. The van der Waals surface area contributed by atoms with E-state index >= 15 is 0 Å². The first-order valence-electron chi connectivity index (χ1n) is 6.22. The summed E-state index contributed by atoms with van der Waals surface area (Å²) in [6, 6.07) is 6.02. The molecule has 1 aromatic carbocycles. The van der Waals surface area contributed by atoms with Gasteiger partial charge in [0.1, 0.15) is 0 Å². The normalized spacial score (nSPS) is 17.1. The van der Waals surface area contributed by atoms with E-state index in [-0.39, 0.29) is 0 Å². The van der Waals surface area contributed by atoms with Crippen LogP contribution in [-0.4, -0.2) is 18.3 Å². The molecule has 2 N–H and O–H groups in total. The maximum atomic E-state index is 8.99. The average Bonchev–Trinajstić information content (AvgIpc) is 3.02. The van der Waals surface area contributed by atoms with Gasteiger partial charge in [-0.15, -0.1) is 0 Å². The molecule has 3 heteroatoms. The van der Waals surface area contributed by atoms with Crippen LogP contribution in [-0.2, 0) is 6.54 Å². The van der Waals surface area contributed by atoms with Gasteiger partial charge in [0.15, 0.2) is 0 Å². The van der Waals surface area contributed by atoms with Crippen molar-refractivity contribution in [2.45, 2.75) is 32.7 Å². The van der Waals surface area contributed by atoms with Gasteiger partial charge in [0, 0.05) is 24.7 Å². The van der Waals surface area contributed by atoms with Gasteiger partial charge in [-0.1, -0.05) is 17.7 Å². The number of hydrogen-bond donors (Lipinski definition) is 2. The molecule has 0 radical (unpaired) electrons. The van der Waals surface area contributed by atoms with Crippen molar-refractivity contribution in [1.29, 1.82) is 0 Å². The third kappa shape index (κ3) is 3.44. The minimum atomic E-state index is 0.307. The molecule has 1 saturated carbocycles. The Kier molecular flexibility index (Phi) is 4.08. The van der Waals surface area contributed by atoms with Crippen LogP contribution in [0.5, 0.6) is 0 Å². The van der Waals surface area contributed by atoms with Crippen molar-refractivity contribution in [1.82, 2.24) is 5.32 Å². The molecular weight excluding hydrogens is 234 g/mol. The summed E-state index contributed by atoms with van der Waals surface area (Å²) in [6.07, 6.45) is 3.43. The van der Waals surface area contributed by atoms with E-state index in [9.17, 15) is 0 Å². The fourth-order valence-electron chi connectivity index (χ4n) is 2.25. The molecule has 0 heterocycles. The molecule has 1 fully saturated rings. The monoisotopic (exact) mass is 253 g/mol. The Labute approximate surface area is 108 Å². The Bertz CT molecular complexity index is 388. The highest BCUT2D eigenvalue weighted by Crippen LogP contribution is 2.47. The predicted molar refractivity (Wildman–Crippen MR) is 71.3 cm³/mol. The van der Waals surface area contributed by atoms with Crippen molar-refractivity contribution in [3.05, 3.63) is 34.3 Å². The van der Waals surface area contributed by atoms with Gasteiger partial charge < -0.3 is 10.4 Å². The minimum Gasteiger partial charge on any atom is -0.396 e. The third-order valence-corrected chi connectivity index (χ3v) is 3.95. The van der Waals surface area contributed by atoms with Gasteiger partial charge in [0.05, 0.1) is 0 Å². The number of benzene rings is 1. The Morgan fingerprint density at radius 3 is 2.76 bits per heavy atom. The molecule has 0 unspecified atom stereocenters. The topological polar surface area (TPSA) is 32.3 Å². The highest BCUT2D eigenvalue weighted by molar-refractivity contribution is 6.30. The van der Waals surface area contributed by atoms with E-state index in [1.807, 2.05) is 12.1 Å². The summed E-state index contributed by atoms with van der Waals surface area (Å²) in [5.41, 5.74) is 2.92. The van der Waals surface area contributed by atoms with Gasteiger partial charge in [-0.25, -0.2) is 0 Å². The van der Waals surface area contributed by atoms with Crippen molar-refractivity contribution in [3.8, 4) is 0 Å². The molecule has 1 aliphatic carbocycles. The van der Waals surface area contributed by atoms with E-state index in [1.165, 1.54) is 24.0 Å². The zero-order valence-corrected chi connectivity index (χ0v) is 11.1. The van der Waals surface area contributed by atoms with Crippen molar-refractivity contribution >= 4 is 11.6 Å². The lowest BCUT2D eigenvalue weighted by molar-refractivity contribution is 0.245. The first-order valence-corrected chi connectivity index (χ1v) is 6.60. The lowest BCUT2D eigenvalue weighted by atomic mass is 10.0. The lowest BCUT2D eigenvalue weighted by Gasteiger charge is -2.15. The van der Waals surface area contributed by atoms with Gasteiger partial charge in [-0.05, 0) is 54.9 Å². The Hall–Kier alpha value is -0.570. The van der Waals surface area contributed by atoms with Crippen molar-refractivity contribution in [2.24, 2.45) is 5.41 Å². The van der Waals surface area contributed by atoms with Crippen molar-refractivity contribution < 1.29 is 5.11 Å². The second kappa shape index (κ2) is 5.38. The van der Waals surface area contributed by atoms with Crippen LogP contribution in [0.3, 0.4) is 0 Å². The van der Waals surface area contributed by atoms with Crippen LogP contribution in [0.25, 0.3) is 0 Å².